The molecule has 0 saturated carbocycles. The van der Waals surface area contributed by atoms with Crippen molar-refractivity contribution in [1.82, 2.24) is 4.90 Å². The zero-order valence-electron chi connectivity index (χ0n) is 13.8. The minimum atomic E-state index is -0.536. The molecule has 0 spiro atoms. The summed E-state index contributed by atoms with van der Waals surface area (Å²) in [4.78, 5) is 27.1. The molecule has 1 aliphatic rings. The number of nitrogens with one attached hydrogen (secondary N) is 1. The highest BCUT2D eigenvalue weighted by molar-refractivity contribution is 7.14. The number of carbonyl (C=O) groups is 2. The molecule has 134 valence electrons. The first kappa shape index (κ1) is 18.1. The third-order valence-electron chi connectivity index (χ3n) is 4.00. The van der Waals surface area contributed by atoms with Crippen LogP contribution in [0.2, 0.25) is 0 Å². The first-order chi connectivity index (χ1) is 12.1. The number of amides is 2. The smallest absolute Gasteiger partial charge is 0.251 e. The van der Waals surface area contributed by atoms with Gasteiger partial charge in [-0.3, -0.25) is 14.5 Å². The van der Waals surface area contributed by atoms with Gasteiger partial charge >= 0.3 is 0 Å². The lowest BCUT2D eigenvalue weighted by atomic mass is 10.2. The van der Waals surface area contributed by atoms with Crippen molar-refractivity contribution in [2.24, 2.45) is 5.73 Å². The first-order valence-electron chi connectivity index (χ1n) is 8.15. The normalized spacial score (nSPS) is 17.1. The van der Waals surface area contributed by atoms with Crippen molar-refractivity contribution in [2.75, 3.05) is 25.0 Å². The number of anilines is 1. The maximum Gasteiger partial charge on any atom is 0.251 e. The van der Waals surface area contributed by atoms with Crippen LogP contribution in [0.25, 0.3) is 0 Å². The second kappa shape index (κ2) is 8.57. The van der Waals surface area contributed by atoms with Crippen LogP contribution in [0.3, 0.4) is 0 Å². The summed E-state index contributed by atoms with van der Waals surface area (Å²) in [5.74, 6) is -0.689. The minimum absolute atomic E-state index is 0.153. The van der Waals surface area contributed by atoms with Gasteiger partial charge in [-0.2, -0.15) is 0 Å². The molecule has 6 nitrogen and oxygen atoms in total. The third-order valence-corrected chi connectivity index (χ3v) is 5.69. The van der Waals surface area contributed by atoms with Crippen molar-refractivity contribution < 1.29 is 14.3 Å². The maximum atomic E-state index is 12.5. The van der Waals surface area contributed by atoms with E-state index in [4.69, 9.17) is 10.5 Å². The Bertz CT molecular complexity index is 709. The monoisotopic (exact) mass is 379 g/mol. The average molecular weight is 380 g/mol. The summed E-state index contributed by atoms with van der Waals surface area (Å²) in [6.45, 7) is 2.46. The van der Waals surface area contributed by atoms with Crippen molar-refractivity contribution in [3.63, 3.8) is 0 Å². The van der Waals surface area contributed by atoms with Gasteiger partial charge in [0.15, 0.2) is 0 Å². The molecule has 8 heteroatoms. The van der Waals surface area contributed by atoms with Gasteiger partial charge in [0.2, 0.25) is 5.91 Å². The minimum Gasteiger partial charge on any atom is -0.377 e. The largest absolute Gasteiger partial charge is 0.377 e. The second-order valence-electron chi connectivity index (χ2n) is 5.96. The Morgan fingerprint density at radius 3 is 2.88 bits per heavy atom. The van der Waals surface area contributed by atoms with Crippen molar-refractivity contribution in [3.8, 4) is 0 Å². The summed E-state index contributed by atoms with van der Waals surface area (Å²) in [5, 5.41) is 7.09. The van der Waals surface area contributed by atoms with Gasteiger partial charge in [-0.05, 0) is 35.7 Å². The number of ether oxygens (including phenoxy) is 1. The van der Waals surface area contributed by atoms with E-state index in [0.29, 0.717) is 17.1 Å². The summed E-state index contributed by atoms with van der Waals surface area (Å²) in [6, 6.07) is 5.70. The molecule has 0 aliphatic carbocycles. The summed E-state index contributed by atoms with van der Waals surface area (Å²) in [7, 11) is 0. The first-order valence-corrected chi connectivity index (χ1v) is 9.91. The van der Waals surface area contributed by atoms with E-state index in [9.17, 15) is 9.59 Å². The highest BCUT2D eigenvalue weighted by Crippen LogP contribution is 2.23. The van der Waals surface area contributed by atoms with Gasteiger partial charge in [-0.15, -0.1) is 22.7 Å². The zero-order valence-corrected chi connectivity index (χ0v) is 15.4. The lowest BCUT2D eigenvalue weighted by Gasteiger charge is -2.24. The van der Waals surface area contributed by atoms with Gasteiger partial charge in [-0.25, -0.2) is 0 Å². The van der Waals surface area contributed by atoms with E-state index in [2.05, 4.69) is 16.3 Å². The van der Waals surface area contributed by atoms with Crippen LogP contribution in [-0.2, 0) is 16.1 Å². The molecule has 1 saturated heterocycles. The standard InChI is InChI=1S/C17H21N3O3S2/c18-16(22)14-5-8-25-17(14)19-15(21)11-20(9-12-3-1-6-23-12)10-13-4-2-7-24-13/h2,4-5,7-8,12H,1,3,6,9-11H2,(H2,18,22)(H,19,21). The number of nitrogens with two attached hydrogens (primary N) is 1. The fourth-order valence-corrected chi connectivity index (χ4v) is 4.41. The van der Waals surface area contributed by atoms with Crippen LogP contribution in [0, 0.1) is 0 Å². The second-order valence-corrected chi connectivity index (χ2v) is 7.91. The Hall–Kier alpha value is -1.74. The molecule has 2 aromatic heterocycles. The summed E-state index contributed by atoms with van der Waals surface area (Å²) < 4.78 is 5.71. The fraction of sp³-hybridized carbons (Fsp3) is 0.412. The molecule has 0 radical (unpaired) electrons. The molecule has 1 fully saturated rings. The molecule has 3 heterocycles. The predicted molar refractivity (Wildman–Crippen MR) is 100 cm³/mol. The van der Waals surface area contributed by atoms with E-state index in [-0.39, 0.29) is 18.6 Å². The fourth-order valence-electron chi connectivity index (χ4n) is 2.85. The van der Waals surface area contributed by atoms with Crippen LogP contribution in [0.4, 0.5) is 5.00 Å². The molecule has 0 aromatic carbocycles. The molecule has 2 amide bonds. The number of primary amides is 1. The molecular formula is C17H21N3O3S2. The van der Waals surface area contributed by atoms with Crippen LogP contribution in [0.15, 0.2) is 29.0 Å². The number of hydrogen-bond donors (Lipinski definition) is 2. The van der Waals surface area contributed by atoms with Crippen LogP contribution in [0.5, 0.6) is 0 Å². The van der Waals surface area contributed by atoms with E-state index in [1.54, 1.807) is 22.8 Å². The van der Waals surface area contributed by atoms with Gasteiger partial charge < -0.3 is 15.8 Å². The predicted octanol–water partition coefficient (Wildman–Crippen LogP) is 2.53. The summed E-state index contributed by atoms with van der Waals surface area (Å²) >= 11 is 2.97. The van der Waals surface area contributed by atoms with Gasteiger partial charge in [0.1, 0.15) is 5.00 Å². The highest BCUT2D eigenvalue weighted by Gasteiger charge is 2.22. The molecular weight excluding hydrogens is 358 g/mol. The Labute approximate surface area is 154 Å². The van der Waals surface area contributed by atoms with E-state index in [0.717, 1.165) is 26.0 Å². The van der Waals surface area contributed by atoms with Crippen molar-refractivity contribution in [3.05, 3.63) is 39.4 Å². The molecule has 25 heavy (non-hydrogen) atoms. The number of thiophene rings is 2. The van der Waals surface area contributed by atoms with Crippen molar-refractivity contribution in [2.45, 2.75) is 25.5 Å². The number of rotatable bonds is 8. The number of hydrogen-bond acceptors (Lipinski definition) is 6. The van der Waals surface area contributed by atoms with Gasteiger partial charge in [-0.1, -0.05) is 6.07 Å². The van der Waals surface area contributed by atoms with Crippen molar-refractivity contribution >= 4 is 39.5 Å². The Morgan fingerprint density at radius 2 is 2.20 bits per heavy atom. The van der Waals surface area contributed by atoms with Gasteiger partial charge in [0.05, 0.1) is 18.2 Å². The zero-order chi connectivity index (χ0) is 17.6. The molecule has 1 unspecified atom stereocenters. The molecule has 3 N–H and O–H groups in total. The Kier molecular flexibility index (Phi) is 6.19. The average Bonchev–Trinajstić information content (AvgIpc) is 3.28. The van der Waals surface area contributed by atoms with E-state index in [1.165, 1.54) is 16.2 Å². The molecule has 3 rings (SSSR count). The molecule has 1 aliphatic heterocycles. The Morgan fingerprint density at radius 1 is 1.32 bits per heavy atom. The molecule has 1 atom stereocenters. The van der Waals surface area contributed by atoms with Crippen LogP contribution in [0.1, 0.15) is 28.1 Å². The van der Waals surface area contributed by atoms with Crippen LogP contribution < -0.4 is 11.1 Å². The quantitative estimate of drug-likeness (QED) is 0.738. The summed E-state index contributed by atoms with van der Waals surface area (Å²) in [5.41, 5.74) is 5.68. The Balaban J connectivity index is 1.62. The maximum absolute atomic E-state index is 12.5. The summed E-state index contributed by atoms with van der Waals surface area (Å²) in [6.07, 6.45) is 2.27. The SMILES string of the molecule is NC(=O)c1ccsc1NC(=O)CN(Cc1cccs1)CC1CCCO1. The highest BCUT2D eigenvalue weighted by atomic mass is 32.1. The molecule has 0 bridgehead atoms. The van der Waals surface area contributed by atoms with Crippen LogP contribution >= 0.6 is 22.7 Å². The lowest BCUT2D eigenvalue weighted by Crippen LogP contribution is -2.37. The van der Waals surface area contributed by atoms with Gasteiger partial charge in [0, 0.05) is 24.6 Å². The third kappa shape index (κ3) is 5.12. The lowest BCUT2D eigenvalue weighted by molar-refractivity contribution is -0.117. The number of carbonyl (C=O) groups excluding carboxylic acids is 2. The van der Waals surface area contributed by atoms with E-state index in [1.807, 2.05) is 11.4 Å². The van der Waals surface area contributed by atoms with Gasteiger partial charge in [0.25, 0.3) is 5.91 Å². The number of nitrogens with zero attached hydrogens (tertiary/aromatic N) is 1. The van der Waals surface area contributed by atoms with Crippen LogP contribution in [-0.4, -0.2) is 42.5 Å². The molecule has 2 aromatic rings. The van der Waals surface area contributed by atoms with E-state index < -0.39 is 5.91 Å². The topological polar surface area (TPSA) is 84.7 Å². The van der Waals surface area contributed by atoms with Crippen molar-refractivity contribution in [1.29, 1.82) is 0 Å². The van der Waals surface area contributed by atoms with E-state index >= 15 is 0 Å².